The van der Waals surface area contributed by atoms with Crippen molar-refractivity contribution in [2.75, 3.05) is 6.54 Å². The van der Waals surface area contributed by atoms with Crippen LogP contribution in [0.15, 0.2) is 30.3 Å². The molecule has 124 valence electrons. The number of hydrogen-bond donors (Lipinski definition) is 2. The van der Waals surface area contributed by atoms with E-state index in [4.69, 9.17) is 0 Å². The third-order valence-corrected chi connectivity index (χ3v) is 4.03. The highest BCUT2D eigenvalue weighted by molar-refractivity contribution is 5.96. The summed E-state index contributed by atoms with van der Waals surface area (Å²) in [7, 11) is 0. The van der Waals surface area contributed by atoms with Gasteiger partial charge in [-0.05, 0) is 32.8 Å². The first kappa shape index (κ1) is 17.2. The zero-order chi connectivity index (χ0) is 17.0. The molecule has 2 N–H and O–H groups in total. The molecule has 0 aliphatic rings. The number of amides is 1. The first-order valence-electron chi connectivity index (χ1n) is 7.97. The summed E-state index contributed by atoms with van der Waals surface area (Å²) in [6.07, 6.45) is 0.964. The molecule has 5 heteroatoms. The van der Waals surface area contributed by atoms with E-state index < -0.39 is 5.60 Å². The van der Waals surface area contributed by atoms with Crippen molar-refractivity contribution in [3.8, 4) is 0 Å². The van der Waals surface area contributed by atoms with E-state index in [0.29, 0.717) is 11.3 Å². The minimum atomic E-state index is -1.11. The Kier molecular flexibility index (Phi) is 5.21. The SMILES string of the molecule is CCCn1nc(C)c(C(=O)NCC(C)(O)c2ccccc2)c1C. The predicted molar refractivity (Wildman–Crippen MR) is 90.3 cm³/mol. The van der Waals surface area contributed by atoms with Gasteiger partial charge in [0.05, 0.1) is 17.8 Å². The molecule has 0 radical (unpaired) electrons. The van der Waals surface area contributed by atoms with Gasteiger partial charge in [-0.3, -0.25) is 9.48 Å². The standard InChI is InChI=1S/C18H25N3O2/c1-5-11-21-14(3)16(13(2)20-21)17(22)19-12-18(4,23)15-9-7-6-8-10-15/h6-10,23H,5,11-12H2,1-4H3,(H,19,22). The first-order chi connectivity index (χ1) is 10.9. The molecule has 2 aromatic rings. The Bertz CT molecular complexity index is 675. The normalized spacial score (nSPS) is 13.6. The van der Waals surface area contributed by atoms with Crippen LogP contribution in [-0.4, -0.2) is 27.3 Å². The molecule has 0 aliphatic carbocycles. The Labute approximate surface area is 137 Å². The highest BCUT2D eigenvalue weighted by atomic mass is 16.3. The first-order valence-corrected chi connectivity index (χ1v) is 7.97. The highest BCUT2D eigenvalue weighted by Gasteiger charge is 2.25. The lowest BCUT2D eigenvalue weighted by Gasteiger charge is -2.24. The molecule has 0 saturated carbocycles. The summed E-state index contributed by atoms with van der Waals surface area (Å²) in [5.41, 5.74) is 1.84. The van der Waals surface area contributed by atoms with E-state index in [9.17, 15) is 9.90 Å². The second-order valence-corrected chi connectivity index (χ2v) is 6.09. The molecule has 5 nitrogen and oxygen atoms in total. The van der Waals surface area contributed by atoms with E-state index in [1.807, 2.05) is 48.9 Å². The van der Waals surface area contributed by atoms with Gasteiger partial charge < -0.3 is 10.4 Å². The van der Waals surface area contributed by atoms with Gasteiger partial charge in [-0.25, -0.2) is 0 Å². The summed E-state index contributed by atoms with van der Waals surface area (Å²) in [5.74, 6) is -0.196. The van der Waals surface area contributed by atoms with Gasteiger partial charge in [-0.2, -0.15) is 5.10 Å². The fourth-order valence-corrected chi connectivity index (χ4v) is 2.70. The zero-order valence-electron chi connectivity index (χ0n) is 14.3. The zero-order valence-corrected chi connectivity index (χ0v) is 14.3. The third-order valence-electron chi connectivity index (χ3n) is 4.03. The van der Waals surface area contributed by atoms with Gasteiger partial charge in [0.2, 0.25) is 0 Å². The van der Waals surface area contributed by atoms with Crippen LogP contribution in [0.4, 0.5) is 0 Å². The molecule has 0 saturated heterocycles. The number of aromatic nitrogens is 2. The second kappa shape index (κ2) is 6.96. The molecule has 0 aliphatic heterocycles. The van der Waals surface area contributed by atoms with Crippen molar-refractivity contribution in [1.82, 2.24) is 15.1 Å². The summed E-state index contributed by atoms with van der Waals surface area (Å²) in [6, 6.07) is 9.33. The largest absolute Gasteiger partial charge is 0.384 e. The molecular weight excluding hydrogens is 290 g/mol. The van der Waals surface area contributed by atoms with Crippen molar-refractivity contribution < 1.29 is 9.90 Å². The number of hydrogen-bond acceptors (Lipinski definition) is 3. The van der Waals surface area contributed by atoms with E-state index in [2.05, 4.69) is 17.3 Å². The number of carbonyl (C=O) groups excluding carboxylic acids is 1. The number of aryl methyl sites for hydroxylation is 2. The summed E-state index contributed by atoms with van der Waals surface area (Å²) in [5, 5.41) is 17.8. The van der Waals surface area contributed by atoms with E-state index >= 15 is 0 Å². The molecule has 1 atom stereocenters. The van der Waals surface area contributed by atoms with Crippen molar-refractivity contribution in [3.63, 3.8) is 0 Å². The van der Waals surface area contributed by atoms with Crippen molar-refractivity contribution in [2.24, 2.45) is 0 Å². The molecule has 1 heterocycles. The summed E-state index contributed by atoms with van der Waals surface area (Å²) in [6.45, 7) is 8.45. The number of benzene rings is 1. The minimum absolute atomic E-state index is 0.147. The van der Waals surface area contributed by atoms with Crippen molar-refractivity contribution in [1.29, 1.82) is 0 Å². The van der Waals surface area contributed by atoms with Gasteiger partial charge in [0, 0.05) is 12.2 Å². The molecule has 1 unspecified atom stereocenters. The fraction of sp³-hybridized carbons (Fsp3) is 0.444. The number of rotatable bonds is 6. The lowest BCUT2D eigenvalue weighted by Crippen LogP contribution is -2.38. The summed E-state index contributed by atoms with van der Waals surface area (Å²) >= 11 is 0. The molecule has 0 spiro atoms. The van der Waals surface area contributed by atoms with Crippen molar-refractivity contribution in [3.05, 3.63) is 52.8 Å². The average molecular weight is 315 g/mol. The molecule has 1 amide bonds. The van der Waals surface area contributed by atoms with Gasteiger partial charge in [-0.15, -0.1) is 0 Å². The van der Waals surface area contributed by atoms with E-state index in [-0.39, 0.29) is 12.5 Å². The van der Waals surface area contributed by atoms with Crippen LogP contribution in [0.2, 0.25) is 0 Å². The van der Waals surface area contributed by atoms with Gasteiger partial charge in [0.15, 0.2) is 0 Å². The van der Waals surface area contributed by atoms with Crippen LogP contribution < -0.4 is 5.32 Å². The van der Waals surface area contributed by atoms with Crippen LogP contribution in [0, 0.1) is 13.8 Å². The van der Waals surface area contributed by atoms with Gasteiger partial charge in [0.25, 0.3) is 5.91 Å². The van der Waals surface area contributed by atoms with Gasteiger partial charge in [0.1, 0.15) is 5.60 Å². The number of nitrogens with one attached hydrogen (secondary N) is 1. The smallest absolute Gasteiger partial charge is 0.255 e. The van der Waals surface area contributed by atoms with Crippen LogP contribution in [0.3, 0.4) is 0 Å². The van der Waals surface area contributed by atoms with Crippen molar-refractivity contribution in [2.45, 2.75) is 46.3 Å². The van der Waals surface area contributed by atoms with Crippen LogP contribution in [-0.2, 0) is 12.1 Å². The van der Waals surface area contributed by atoms with E-state index in [0.717, 1.165) is 24.2 Å². The Morgan fingerprint density at radius 1 is 1.30 bits per heavy atom. The van der Waals surface area contributed by atoms with Crippen LogP contribution in [0.5, 0.6) is 0 Å². The minimum Gasteiger partial charge on any atom is -0.384 e. The number of nitrogens with zero attached hydrogens (tertiary/aromatic N) is 2. The highest BCUT2D eigenvalue weighted by Crippen LogP contribution is 2.20. The quantitative estimate of drug-likeness (QED) is 0.861. The lowest BCUT2D eigenvalue weighted by atomic mass is 9.96. The van der Waals surface area contributed by atoms with Crippen LogP contribution >= 0.6 is 0 Å². The van der Waals surface area contributed by atoms with Crippen molar-refractivity contribution >= 4 is 5.91 Å². The summed E-state index contributed by atoms with van der Waals surface area (Å²) in [4.78, 5) is 12.5. The Morgan fingerprint density at radius 3 is 2.57 bits per heavy atom. The fourth-order valence-electron chi connectivity index (χ4n) is 2.70. The number of aliphatic hydroxyl groups is 1. The predicted octanol–water partition coefficient (Wildman–Crippen LogP) is 2.55. The van der Waals surface area contributed by atoms with Gasteiger partial charge >= 0.3 is 0 Å². The van der Waals surface area contributed by atoms with Gasteiger partial charge in [-0.1, -0.05) is 37.3 Å². The topological polar surface area (TPSA) is 67.2 Å². The van der Waals surface area contributed by atoms with E-state index in [1.54, 1.807) is 6.92 Å². The Balaban J connectivity index is 2.11. The molecular formula is C18H25N3O2. The Morgan fingerprint density at radius 2 is 1.96 bits per heavy atom. The molecule has 23 heavy (non-hydrogen) atoms. The monoisotopic (exact) mass is 315 g/mol. The second-order valence-electron chi connectivity index (χ2n) is 6.09. The maximum Gasteiger partial charge on any atom is 0.255 e. The summed E-state index contributed by atoms with van der Waals surface area (Å²) < 4.78 is 1.86. The average Bonchev–Trinajstić information content (AvgIpc) is 2.81. The molecule has 0 fully saturated rings. The molecule has 0 bridgehead atoms. The van der Waals surface area contributed by atoms with Crippen LogP contribution in [0.25, 0.3) is 0 Å². The molecule has 2 rings (SSSR count). The number of carbonyl (C=O) groups is 1. The van der Waals surface area contributed by atoms with E-state index in [1.165, 1.54) is 0 Å². The lowest BCUT2D eigenvalue weighted by molar-refractivity contribution is 0.0526. The molecule has 1 aromatic carbocycles. The molecule has 1 aromatic heterocycles. The Hall–Kier alpha value is -2.14. The maximum absolute atomic E-state index is 12.5. The third kappa shape index (κ3) is 3.79. The maximum atomic E-state index is 12.5. The van der Waals surface area contributed by atoms with Crippen LogP contribution in [0.1, 0.15) is 47.6 Å².